The van der Waals surface area contributed by atoms with E-state index in [2.05, 4.69) is 20.5 Å². The van der Waals surface area contributed by atoms with Gasteiger partial charge in [0, 0.05) is 17.4 Å². The molecule has 0 aliphatic heterocycles. The number of thiazole rings is 1. The molecule has 0 saturated carbocycles. The lowest BCUT2D eigenvalue weighted by Crippen LogP contribution is -2.14. The molecule has 1 amide bonds. The zero-order valence-electron chi connectivity index (χ0n) is 16.0. The van der Waals surface area contributed by atoms with Crippen LogP contribution in [0.15, 0.2) is 53.9 Å². The van der Waals surface area contributed by atoms with Crippen LogP contribution in [-0.2, 0) is 17.6 Å². The number of benzene rings is 2. The average molecular weight is 441 g/mol. The van der Waals surface area contributed by atoms with Crippen molar-refractivity contribution in [1.29, 1.82) is 0 Å². The maximum atomic E-state index is 13.1. The molecule has 2 aromatic carbocycles. The number of halogens is 1. The van der Waals surface area contributed by atoms with E-state index in [-0.39, 0.29) is 18.1 Å². The first-order valence-corrected chi connectivity index (χ1v) is 10.7. The molecule has 2 heterocycles. The van der Waals surface area contributed by atoms with Gasteiger partial charge in [-0.3, -0.25) is 4.79 Å². The number of aromatic nitrogens is 3. The maximum Gasteiger partial charge on any atom is 0.232 e. The molecule has 0 bridgehead atoms. The molecular formula is C21H17FN4O2S2. The van der Waals surface area contributed by atoms with Crippen molar-refractivity contribution in [2.24, 2.45) is 0 Å². The second-order valence-electron chi connectivity index (χ2n) is 6.40. The third-order valence-corrected chi connectivity index (χ3v) is 5.99. The molecule has 0 fully saturated rings. The maximum absolute atomic E-state index is 13.1. The summed E-state index contributed by atoms with van der Waals surface area (Å²) in [6.07, 6.45) is 0.760. The van der Waals surface area contributed by atoms with Gasteiger partial charge in [-0.15, -0.1) is 21.5 Å². The van der Waals surface area contributed by atoms with Gasteiger partial charge in [0.1, 0.15) is 21.6 Å². The van der Waals surface area contributed by atoms with Gasteiger partial charge in [0.15, 0.2) is 0 Å². The fourth-order valence-corrected chi connectivity index (χ4v) is 4.35. The fourth-order valence-electron chi connectivity index (χ4n) is 2.73. The molecule has 0 spiro atoms. The smallest absolute Gasteiger partial charge is 0.232 e. The summed E-state index contributed by atoms with van der Waals surface area (Å²) >= 11 is 2.76. The molecular weight excluding hydrogens is 423 g/mol. The monoisotopic (exact) mass is 440 g/mol. The number of nitrogens with zero attached hydrogens (tertiary/aromatic N) is 3. The Morgan fingerprint density at radius 3 is 2.60 bits per heavy atom. The largest absolute Gasteiger partial charge is 0.497 e. The number of carbonyl (C=O) groups excluding carboxylic acids is 1. The van der Waals surface area contributed by atoms with E-state index in [1.165, 1.54) is 34.8 Å². The van der Waals surface area contributed by atoms with Crippen molar-refractivity contribution in [2.45, 2.75) is 12.8 Å². The van der Waals surface area contributed by atoms with Crippen molar-refractivity contribution in [1.82, 2.24) is 15.2 Å². The lowest BCUT2D eigenvalue weighted by molar-refractivity contribution is -0.115. The van der Waals surface area contributed by atoms with Crippen molar-refractivity contribution < 1.29 is 13.9 Å². The van der Waals surface area contributed by atoms with E-state index in [1.807, 2.05) is 29.6 Å². The predicted octanol–water partition coefficient (Wildman–Crippen LogP) is 4.58. The number of ether oxygens (including phenoxy) is 1. The van der Waals surface area contributed by atoms with Crippen LogP contribution in [0.2, 0.25) is 0 Å². The van der Waals surface area contributed by atoms with E-state index in [9.17, 15) is 9.18 Å². The van der Waals surface area contributed by atoms with Gasteiger partial charge in [-0.25, -0.2) is 9.37 Å². The van der Waals surface area contributed by atoms with Crippen LogP contribution in [0, 0.1) is 5.82 Å². The van der Waals surface area contributed by atoms with Crippen LogP contribution < -0.4 is 10.1 Å². The predicted molar refractivity (Wildman–Crippen MR) is 116 cm³/mol. The Hall–Kier alpha value is -3.17. The van der Waals surface area contributed by atoms with Crippen molar-refractivity contribution in [2.75, 3.05) is 12.4 Å². The van der Waals surface area contributed by atoms with Crippen LogP contribution in [0.3, 0.4) is 0 Å². The summed E-state index contributed by atoms with van der Waals surface area (Å²) in [5.74, 6) is 0.296. The summed E-state index contributed by atoms with van der Waals surface area (Å²) < 4.78 is 18.2. The molecule has 9 heteroatoms. The molecule has 6 nitrogen and oxygen atoms in total. The number of hydrogen-bond donors (Lipinski definition) is 1. The van der Waals surface area contributed by atoms with Crippen molar-refractivity contribution >= 4 is 33.7 Å². The average Bonchev–Trinajstić information content (AvgIpc) is 3.39. The van der Waals surface area contributed by atoms with Crippen molar-refractivity contribution in [3.63, 3.8) is 0 Å². The minimum Gasteiger partial charge on any atom is -0.497 e. The topological polar surface area (TPSA) is 77.0 Å². The quantitative estimate of drug-likeness (QED) is 0.455. The van der Waals surface area contributed by atoms with Gasteiger partial charge >= 0.3 is 0 Å². The first kappa shape index (κ1) is 20.1. The Bertz CT molecular complexity index is 1140. The van der Waals surface area contributed by atoms with Crippen LogP contribution in [0.5, 0.6) is 5.75 Å². The zero-order chi connectivity index (χ0) is 20.9. The fraction of sp³-hybridized carbons (Fsp3) is 0.143. The van der Waals surface area contributed by atoms with Gasteiger partial charge in [-0.1, -0.05) is 23.5 Å². The molecule has 0 atom stereocenters. The van der Waals surface area contributed by atoms with Crippen molar-refractivity contribution in [3.8, 4) is 16.3 Å². The van der Waals surface area contributed by atoms with Crippen molar-refractivity contribution in [3.05, 3.63) is 76.0 Å². The van der Waals surface area contributed by atoms with E-state index < -0.39 is 0 Å². The molecule has 4 aromatic rings. The first-order chi connectivity index (χ1) is 14.6. The highest BCUT2D eigenvalue weighted by Crippen LogP contribution is 2.25. The summed E-state index contributed by atoms with van der Waals surface area (Å²) in [5.41, 5.74) is 2.56. The molecule has 0 saturated heterocycles. The molecule has 152 valence electrons. The van der Waals surface area contributed by atoms with Gasteiger partial charge < -0.3 is 10.1 Å². The molecule has 2 aromatic heterocycles. The van der Waals surface area contributed by atoms with Crippen LogP contribution >= 0.6 is 22.7 Å². The highest BCUT2D eigenvalue weighted by molar-refractivity contribution is 7.15. The third kappa shape index (κ3) is 5.05. The lowest BCUT2D eigenvalue weighted by Gasteiger charge is -2.01. The Labute approximate surface area is 180 Å². The summed E-state index contributed by atoms with van der Waals surface area (Å²) in [6, 6.07) is 13.9. The first-order valence-electron chi connectivity index (χ1n) is 9.04. The Balaban J connectivity index is 1.34. The number of amides is 1. The van der Waals surface area contributed by atoms with E-state index in [4.69, 9.17) is 4.74 Å². The van der Waals surface area contributed by atoms with Crippen LogP contribution in [-0.4, -0.2) is 28.2 Å². The highest BCUT2D eigenvalue weighted by atomic mass is 32.1. The SMILES string of the molecule is COc1ccc(Cc2nnc(NC(=O)Cc3csc(-c4ccc(F)cc4)n3)s2)cc1. The van der Waals surface area contributed by atoms with Gasteiger partial charge in [0.25, 0.3) is 0 Å². The zero-order valence-corrected chi connectivity index (χ0v) is 17.6. The van der Waals surface area contributed by atoms with E-state index >= 15 is 0 Å². The summed E-state index contributed by atoms with van der Waals surface area (Å²) in [4.78, 5) is 16.8. The van der Waals surface area contributed by atoms with Gasteiger partial charge in [-0.2, -0.15) is 0 Å². The second-order valence-corrected chi connectivity index (χ2v) is 8.32. The third-order valence-electron chi connectivity index (χ3n) is 4.21. The van der Waals surface area contributed by atoms with Crippen LogP contribution in [0.1, 0.15) is 16.3 Å². The number of methoxy groups -OCH3 is 1. The standard InChI is InChI=1S/C21H17FN4O2S2/c1-28-17-8-2-13(3-9-17)10-19-25-26-21(30-19)24-18(27)11-16-12-29-20(23-16)14-4-6-15(22)7-5-14/h2-9,12H,10-11H2,1H3,(H,24,26,27). The van der Waals surface area contributed by atoms with Gasteiger partial charge in [-0.05, 0) is 42.0 Å². The molecule has 4 rings (SSSR count). The molecule has 0 radical (unpaired) electrons. The van der Waals surface area contributed by atoms with E-state index in [0.717, 1.165) is 26.9 Å². The molecule has 0 unspecified atom stereocenters. The second kappa shape index (κ2) is 9.10. The summed E-state index contributed by atoms with van der Waals surface area (Å²) in [7, 11) is 1.63. The van der Waals surface area contributed by atoms with Crippen LogP contribution in [0.4, 0.5) is 9.52 Å². The van der Waals surface area contributed by atoms with Gasteiger partial charge in [0.05, 0.1) is 19.2 Å². The highest BCUT2D eigenvalue weighted by Gasteiger charge is 2.12. The minimum atomic E-state index is -0.293. The molecule has 30 heavy (non-hydrogen) atoms. The van der Waals surface area contributed by atoms with E-state index in [1.54, 1.807) is 19.2 Å². The van der Waals surface area contributed by atoms with Gasteiger partial charge in [0.2, 0.25) is 11.0 Å². The summed E-state index contributed by atoms with van der Waals surface area (Å²) in [6.45, 7) is 0. The molecule has 0 aliphatic carbocycles. The molecule has 1 N–H and O–H groups in total. The number of carbonyl (C=O) groups is 1. The number of nitrogens with one attached hydrogen (secondary N) is 1. The number of anilines is 1. The minimum absolute atomic E-state index is 0.130. The lowest BCUT2D eigenvalue weighted by atomic mass is 10.1. The molecule has 0 aliphatic rings. The Morgan fingerprint density at radius 1 is 1.10 bits per heavy atom. The normalized spacial score (nSPS) is 10.7. The summed E-state index contributed by atoms with van der Waals surface area (Å²) in [5, 5.41) is 14.8. The van der Waals surface area contributed by atoms with Crippen LogP contribution in [0.25, 0.3) is 10.6 Å². The number of hydrogen-bond acceptors (Lipinski definition) is 7. The van der Waals surface area contributed by atoms with E-state index in [0.29, 0.717) is 17.2 Å². The Morgan fingerprint density at radius 2 is 1.87 bits per heavy atom. The Kier molecular flexibility index (Phi) is 6.10. The number of rotatable bonds is 7.